The van der Waals surface area contributed by atoms with Crippen LogP contribution >= 0.6 is 0 Å². The molecule has 4 rings (SSSR count). The van der Waals surface area contributed by atoms with Crippen LogP contribution in [0.4, 0.5) is 11.4 Å². The molecule has 1 aliphatic heterocycles. The summed E-state index contributed by atoms with van der Waals surface area (Å²) in [6, 6.07) is 17.8. The third kappa shape index (κ3) is 1.93. The van der Waals surface area contributed by atoms with Gasteiger partial charge in [-0.3, -0.25) is 0 Å². The number of fused-ring (bicyclic) bond motifs is 3. The first-order chi connectivity index (χ1) is 10.8. The van der Waals surface area contributed by atoms with E-state index >= 15 is 0 Å². The molecule has 22 heavy (non-hydrogen) atoms. The minimum atomic E-state index is 0.364. The van der Waals surface area contributed by atoms with Gasteiger partial charge in [-0.2, -0.15) is 0 Å². The number of hydrogen-bond acceptors (Lipinski definition) is 1. The highest BCUT2D eigenvalue weighted by Crippen LogP contribution is 2.47. The van der Waals surface area contributed by atoms with E-state index in [0.717, 1.165) is 5.57 Å². The molecule has 0 bridgehead atoms. The Hall–Kier alpha value is -2.54. The first-order valence-corrected chi connectivity index (χ1v) is 7.75. The molecule has 2 aromatic carbocycles. The smallest absolute Gasteiger partial charge is 0.0629 e. The zero-order valence-electron chi connectivity index (χ0n) is 12.7. The minimum absolute atomic E-state index is 0.364. The van der Waals surface area contributed by atoms with Gasteiger partial charge < -0.3 is 4.90 Å². The summed E-state index contributed by atoms with van der Waals surface area (Å²) in [5.41, 5.74) is 6.26. The third-order valence-corrected chi connectivity index (χ3v) is 4.58. The molecule has 0 N–H and O–H groups in total. The van der Waals surface area contributed by atoms with Crippen molar-refractivity contribution in [3.8, 4) is 0 Å². The second kappa shape index (κ2) is 5.03. The van der Waals surface area contributed by atoms with Gasteiger partial charge in [0, 0.05) is 17.3 Å². The van der Waals surface area contributed by atoms with Crippen LogP contribution in [0.25, 0.3) is 5.57 Å². The number of para-hydroxylation sites is 1. The van der Waals surface area contributed by atoms with E-state index in [1.165, 1.54) is 22.5 Å². The molecule has 0 fully saturated rings. The maximum absolute atomic E-state index is 4.08. The van der Waals surface area contributed by atoms with E-state index in [2.05, 4.69) is 91.2 Å². The number of allylic oxidation sites excluding steroid dienone is 3. The first kappa shape index (κ1) is 13.1. The molecule has 0 aromatic heterocycles. The normalized spacial score (nSPS) is 21.6. The Labute approximate surface area is 131 Å². The van der Waals surface area contributed by atoms with Gasteiger partial charge in [0.15, 0.2) is 0 Å². The van der Waals surface area contributed by atoms with Crippen LogP contribution in [0.15, 0.2) is 79.4 Å². The number of hydrogen-bond donors (Lipinski definition) is 0. The van der Waals surface area contributed by atoms with Gasteiger partial charge in [0.05, 0.1) is 6.04 Å². The largest absolute Gasteiger partial charge is 0.333 e. The molecule has 0 saturated carbocycles. The average Bonchev–Trinajstić information content (AvgIpc) is 2.89. The molecule has 0 saturated heterocycles. The Morgan fingerprint density at radius 1 is 1.00 bits per heavy atom. The summed E-state index contributed by atoms with van der Waals surface area (Å²) in [4.78, 5) is 2.45. The lowest BCUT2D eigenvalue weighted by Crippen LogP contribution is -2.28. The van der Waals surface area contributed by atoms with Crippen LogP contribution in [0, 0.1) is 0 Å². The van der Waals surface area contributed by atoms with Crippen molar-refractivity contribution < 1.29 is 0 Å². The Bertz CT molecular complexity index is 797. The van der Waals surface area contributed by atoms with Crippen molar-refractivity contribution in [2.24, 2.45) is 0 Å². The quantitative estimate of drug-likeness (QED) is 0.709. The fraction of sp³-hybridized carbons (Fsp3) is 0.143. The summed E-state index contributed by atoms with van der Waals surface area (Å²) < 4.78 is 0. The van der Waals surface area contributed by atoms with Crippen LogP contribution in [0.2, 0.25) is 0 Å². The fourth-order valence-corrected chi connectivity index (χ4v) is 3.51. The number of anilines is 2. The van der Waals surface area contributed by atoms with Crippen molar-refractivity contribution in [3.05, 3.63) is 90.5 Å². The van der Waals surface area contributed by atoms with E-state index < -0.39 is 0 Å². The summed E-state index contributed by atoms with van der Waals surface area (Å²) in [5.74, 6) is 0.440. The van der Waals surface area contributed by atoms with Crippen LogP contribution in [-0.4, -0.2) is 6.04 Å². The fourth-order valence-electron chi connectivity index (χ4n) is 3.51. The molecule has 1 heterocycles. The van der Waals surface area contributed by atoms with Gasteiger partial charge in [0.2, 0.25) is 0 Å². The lowest BCUT2D eigenvalue weighted by molar-refractivity contribution is 0.744. The topological polar surface area (TPSA) is 3.24 Å². The predicted molar refractivity (Wildman–Crippen MR) is 94.5 cm³/mol. The number of benzene rings is 2. The van der Waals surface area contributed by atoms with E-state index in [-0.39, 0.29) is 0 Å². The molecule has 1 nitrogen and oxygen atoms in total. The standard InChI is InChI=1S/C21H19N/c1-15(2)16-8-7-9-17(14-16)22-20-12-5-3-10-18(20)19-11-4-6-13-21(19)22/h3-14,18,20H,1H2,2H3. The van der Waals surface area contributed by atoms with Gasteiger partial charge in [0.25, 0.3) is 0 Å². The summed E-state index contributed by atoms with van der Waals surface area (Å²) in [5, 5.41) is 0. The van der Waals surface area contributed by atoms with Crippen molar-refractivity contribution in [1.29, 1.82) is 0 Å². The molecular formula is C21H19N. The highest BCUT2D eigenvalue weighted by atomic mass is 15.2. The van der Waals surface area contributed by atoms with Crippen molar-refractivity contribution >= 4 is 16.9 Å². The maximum atomic E-state index is 4.08. The Kier molecular flexibility index (Phi) is 3.00. The molecule has 0 radical (unpaired) electrons. The number of rotatable bonds is 2. The lowest BCUT2D eigenvalue weighted by Gasteiger charge is -2.29. The third-order valence-electron chi connectivity index (χ3n) is 4.58. The summed E-state index contributed by atoms with van der Waals surface area (Å²) in [6.07, 6.45) is 8.93. The molecule has 2 unspecified atom stereocenters. The van der Waals surface area contributed by atoms with Gasteiger partial charge in [0.1, 0.15) is 0 Å². The second-order valence-corrected chi connectivity index (χ2v) is 6.05. The van der Waals surface area contributed by atoms with Gasteiger partial charge in [-0.05, 0) is 36.2 Å². The van der Waals surface area contributed by atoms with Gasteiger partial charge >= 0.3 is 0 Å². The second-order valence-electron chi connectivity index (χ2n) is 6.05. The Morgan fingerprint density at radius 2 is 1.82 bits per heavy atom. The van der Waals surface area contributed by atoms with Crippen LogP contribution in [0.1, 0.15) is 24.0 Å². The van der Waals surface area contributed by atoms with Crippen molar-refractivity contribution in [2.75, 3.05) is 4.90 Å². The average molecular weight is 285 g/mol. The Morgan fingerprint density at radius 3 is 2.68 bits per heavy atom. The highest BCUT2D eigenvalue weighted by molar-refractivity contribution is 5.77. The number of nitrogens with zero attached hydrogens (tertiary/aromatic N) is 1. The molecule has 1 aliphatic carbocycles. The van der Waals surface area contributed by atoms with E-state index in [9.17, 15) is 0 Å². The summed E-state index contributed by atoms with van der Waals surface area (Å²) in [7, 11) is 0. The van der Waals surface area contributed by atoms with Gasteiger partial charge in [-0.15, -0.1) is 0 Å². The highest BCUT2D eigenvalue weighted by Gasteiger charge is 2.36. The SMILES string of the molecule is C=C(C)c1cccc(N2c3ccccc3C3C=CC=CC32)c1. The molecular weight excluding hydrogens is 266 g/mol. The van der Waals surface area contributed by atoms with Crippen molar-refractivity contribution in [3.63, 3.8) is 0 Å². The monoisotopic (exact) mass is 285 g/mol. The molecule has 2 aromatic rings. The lowest BCUT2D eigenvalue weighted by atomic mass is 9.91. The summed E-state index contributed by atoms with van der Waals surface area (Å²) in [6.45, 7) is 6.13. The van der Waals surface area contributed by atoms with Crippen LogP contribution < -0.4 is 4.90 Å². The summed E-state index contributed by atoms with van der Waals surface area (Å²) >= 11 is 0. The molecule has 0 amide bonds. The minimum Gasteiger partial charge on any atom is -0.333 e. The van der Waals surface area contributed by atoms with Crippen LogP contribution in [-0.2, 0) is 0 Å². The predicted octanol–water partition coefficient (Wildman–Crippen LogP) is 5.45. The van der Waals surface area contributed by atoms with Gasteiger partial charge in [-0.25, -0.2) is 0 Å². The van der Waals surface area contributed by atoms with E-state index in [0.29, 0.717) is 12.0 Å². The van der Waals surface area contributed by atoms with E-state index in [1.807, 2.05) is 0 Å². The molecule has 0 spiro atoms. The van der Waals surface area contributed by atoms with Crippen LogP contribution in [0.3, 0.4) is 0 Å². The van der Waals surface area contributed by atoms with Crippen molar-refractivity contribution in [2.45, 2.75) is 18.9 Å². The zero-order chi connectivity index (χ0) is 15.1. The molecule has 108 valence electrons. The zero-order valence-corrected chi connectivity index (χ0v) is 12.7. The van der Waals surface area contributed by atoms with E-state index in [4.69, 9.17) is 0 Å². The van der Waals surface area contributed by atoms with E-state index in [1.54, 1.807) is 0 Å². The van der Waals surface area contributed by atoms with Crippen molar-refractivity contribution in [1.82, 2.24) is 0 Å². The molecule has 2 atom stereocenters. The first-order valence-electron chi connectivity index (χ1n) is 7.75. The van der Waals surface area contributed by atoms with Crippen LogP contribution in [0.5, 0.6) is 0 Å². The maximum Gasteiger partial charge on any atom is 0.0629 e. The molecule has 2 aliphatic rings. The molecule has 1 heteroatoms. The van der Waals surface area contributed by atoms with Gasteiger partial charge in [-0.1, -0.05) is 66.8 Å². The Balaban J connectivity index is 1.87.